The standard InChI is InChI=1S/C22H23N5O2S/c1-30-17-4-2-3-16(10-17)25-22(29)26-11-14-9-15(13-26)19-6-5-18(20-23-7-8-24-20)21(28)27(19)12-14/h2-8,10,14-15H,9,11-13H2,1H3,(H,23,24)(H,25,29)/t14-,15+/m0/s1. The first-order valence-corrected chi connectivity index (χ1v) is 11.3. The summed E-state index contributed by atoms with van der Waals surface area (Å²) < 4.78 is 1.88. The van der Waals surface area contributed by atoms with Crippen molar-refractivity contribution < 1.29 is 4.79 Å². The number of fused-ring (bicyclic) bond motifs is 4. The molecule has 0 unspecified atom stereocenters. The Morgan fingerprint density at radius 1 is 1.23 bits per heavy atom. The number of amides is 2. The smallest absolute Gasteiger partial charge is 0.321 e. The van der Waals surface area contributed by atoms with Crippen molar-refractivity contribution in [3.05, 3.63) is 64.8 Å². The van der Waals surface area contributed by atoms with Crippen LogP contribution in [0.25, 0.3) is 11.4 Å². The molecule has 2 aromatic heterocycles. The van der Waals surface area contributed by atoms with Gasteiger partial charge in [0.15, 0.2) is 0 Å². The number of H-pyrrole nitrogens is 1. The van der Waals surface area contributed by atoms with E-state index in [0.29, 0.717) is 31.0 Å². The molecule has 8 heteroatoms. The molecular formula is C22H23N5O2S. The first-order valence-electron chi connectivity index (χ1n) is 10.1. The molecule has 30 heavy (non-hydrogen) atoms. The van der Waals surface area contributed by atoms with Crippen molar-refractivity contribution in [1.82, 2.24) is 19.4 Å². The molecule has 3 aromatic rings. The second-order valence-corrected chi connectivity index (χ2v) is 8.77. The molecule has 1 saturated heterocycles. The highest BCUT2D eigenvalue weighted by Crippen LogP contribution is 2.36. The molecule has 154 valence electrons. The zero-order chi connectivity index (χ0) is 20.7. The van der Waals surface area contributed by atoms with Crippen LogP contribution in [0.15, 0.2) is 58.5 Å². The molecule has 2 bridgehead atoms. The summed E-state index contributed by atoms with van der Waals surface area (Å²) in [7, 11) is 0. The zero-order valence-corrected chi connectivity index (χ0v) is 17.5. The molecule has 5 rings (SSSR count). The lowest BCUT2D eigenvalue weighted by molar-refractivity contribution is 0.139. The molecule has 2 amide bonds. The van der Waals surface area contributed by atoms with Gasteiger partial charge in [0, 0.05) is 54.2 Å². The normalized spacial score (nSPS) is 20.0. The molecule has 0 radical (unpaired) electrons. The maximum Gasteiger partial charge on any atom is 0.321 e. The van der Waals surface area contributed by atoms with E-state index < -0.39 is 0 Å². The maximum atomic E-state index is 13.1. The number of carbonyl (C=O) groups is 1. The van der Waals surface area contributed by atoms with Gasteiger partial charge in [-0.3, -0.25) is 4.79 Å². The molecule has 2 N–H and O–H groups in total. The summed E-state index contributed by atoms with van der Waals surface area (Å²) in [5.74, 6) is 1.03. The average molecular weight is 422 g/mol. The number of pyridine rings is 1. The third-order valence-electron chi connectivity index (χ3n) is 5.97. The molecule has 7 nitrogen and oxygen atoms in total. The summed E-state index contributed by atoms with van der Waals surface area (Å²) in [6.07, 6.45) is 6.40. The van der Waals surface area contributed by atoms with Gasteiger partial charge in [0.2, 0.25) is 0 Å². The Morgan fingerprint density at radius 3 is 2.93 bits per heavy atom. The number of aromatic nitrogens is 3. The van der Waals surface area contributed by atoms with Gasteiger partial charge in [0.05, 0.1) is 5.56 Å². The fourth-order valence-corrected chi connectivity index (χ4v) is 5.07. The van der Waals surface area contributed by atoms with Gasteiger partial charge in [-0.1, -0.05) is 6.07 Å². The first kappa shape index (κ1) is 19.0. The zero-order valence-electron chi connectivity index (χ0n) is 16.7. The highest BCUT2D eigenvalue weighted by molar-refractivity contribution is 7.98. The Morgan fingerprint density at radius 2 is 2.13 bits per heavy atom. The van der Waals surface area contributed by atoms with Gasteiger partial charge in [-0.25, -0.2) is 9.78 Å². The lowest BCUT2D eigenvalue weighted by Crippen LogP contribution is -2.50. The van der Waals surface area contributed by atoms with E-state index in [1.54, 1.807) is 24.2 Å². The Labute approximate surface area is 178 Å². The van der Waals surface area contributed by atoms with Crippen LogP contribution in [0.1, 0.15) is 18.0 Å². The van der Waals surface area contributed by atoms with Crippen molar-refractivity contribution in [3.63, 3.8) is 0 Å². The number of imidazole rings is 1. The summed E-state index contributed by atoms with van der Waals surface area (Å²) in [4.78, 5) is 36.2. The van der Waals surface area contributed by atoms with Crippen LogP contribution in [0.2, 0.25) is 0 Å². The monoisotopic (exact) mass is 421 g/mol. The van der Waals surface area contributed by atoms with Crippen molar-refractivity contribution in [1.29, 1.82) is 0 Å². The average Bonchev–Trinajstić information content (AvgIpc) is 3.29. The van der Waals surface area contributed by atoms with Gasteiger partial charge < -0.3 is 19.8 Å². The molecule has 1 aromatic carbocycles. The van der Waals surface area contributed by atoms with Crippen LogP contribution in [-0.2, 0) is 6.54 Å². The van der Waals surface area contributed by atoms with E-state index in [0.717, 1.165) is 22.7 Å². The van der Waals surface area contributed by atoms with Gasteiger partial charge in [-0.05, 0) is 48.9 Å². The summed E-state index contributed by atoms with van der Waals surface area (Å²) in [6.45, 7) is 1.90. The highest BCUT2D eigenvalue weighted by Gasteiger charge is 2.36. The van der Waals surface area contributed by atoms with Crippen molar-refractivity contribution in [2.45, 2.75) is 23.8 Å². The maximum absolute atomic E-state index is 13.1. The van der Waals surface area contributed by atoms with Crippen molar-refractivity contribution in [3.8, 4) is 11.4 Å². The van der Waals surface area contributed by atoms with Crippen LogP contribution in [0.4, 0.5) is 10.5 Å². The molecule has 0 saturated carbocycles. The van der Waals surface area contributed by atoms with Crippen LogP contribution in [0, 0.1) is 5.92 Å². The minimum absolute atomic E-state index is 0.0102. The number of carbonyl (C=O) groups excluding carboxylic acids is 1. The SMILES string of the molecule is CSc1cccc(NC(=O)N2C[C@@H]3C[C@H](C2)c2ccc(-c4ncc[nH]4)c(=O)n2C3)c1. The molecule has 0 spiro atoms. The molecular weight excluding hydrogens is 398 g/mol. The van der Waals surface area contributed by atoms with Gasteiger partial charge in [0.1, 0.15) is 5.82 Å². The fraction of sp³-hybridized carbons (Fsp3) is 0.318. The number of hydrogen-bond acceptors (Lipinski definition) is 4. The predicted molar refractivity (Wildman–Crippen MR) is 118 cm³/mol. The quantitative estimate of drug-likeness (QED) is 0.633. The Hall–Kier alpha value is -3.00. The summed E-state index contributed by atoms with van der Waals surface area (Å²) in [6, 6.07) is 11.7. The number of anilines is 1. The van der Waals surface area contributed by atoms with Crippen LogP contribution >= 0.6 is 11.8 Å². The Kier molecular flexibility index (Phi) is 4.86. The molecule has 2 atom stereocenters. The number of piperidine rings is 1. The topological polar surface area (TPSA) is 83.0 Å². The molecule has 2 aliphatic heterocycles. The number of urea groups is 1. The largest absolute Gasteiger partial charge is 0.344 e. The van der Waals surface area contributed by atoms with E-state index in [2.05, 4.69) is 15.3 Å². The summed E-state index contributed by atoms with van der Waals surface area (Å²) >= 11 is 1.65. The van der Waals surface area contributed by atoms with Crippen molar-refractivity contribution in [2.24, 2.45) is 5.92 Å². The van der Waals surface area contributed by atoms with E-state index in [1.807, 2.05) is 52.1 Å². The summed E-state index contributed by atoms with van der Waals surface area (Å²) in [5, 5.41) is 3.03. The van der Waals surface area contributed by atoms with Crippen LogP contribution in [0.5, 0.6) is 0 Å². The molecule has 4 heterocycles. The first-order chi connectivity index (χ1) is 14.6. The number of aromatic amines is 1. The highest BCUT2D eigenvalue weighted by atomic mass is 32.2. The number of hydrogen-bond donors (Lipinski definition) is 2. The third kappa shape index (κ3) is 3.41. The lowest BCUT2D eigenvalue weighted by atomic mass is 9.83. The van der Waals surface area contributed by atoms with Gasteiger partial charge in [0.25, 0.3) is 5.56 Å². The molecule has 2 aliphatic rings. The number of likely N-dealkylation sites (tertiary alicyclic amines) is 1. The van der Waals surface area contributed by atoms with E-state index in [9.17, 15) is 9.59 Å². The van der Waals surface area contributed by atoms with E-state index in [-0.39, 0.29) is 23.4 Å². The number of thioether (sulfide) groups is 1. The molecule has 0 aliphatic carbocycles. The molecule has 1 fully saturated rings. The second kappa shape index (κ2) is 7.68. The number of rotatable bonds is 3. The van der Waals surface area contributed by atoms with Crippen LogP contribution in [-0.4, -0.2) is 44.8 Å². The van der Waals surface area contributed by atoms with Crippen molar-refractivity contribution >= 4 is 23.5 Å². The summed E-state index contributed by atoms with van der Waals surface area (Å²) in [5.41, 5.74) is 2.40. The van der Waals surface area contributed by atoms with Gasteiger partial charge in [-0.2, -0.15) is 0 Å². The Bertz CT molecular complexity index is 1140. The van der Waals surface area contributed by atoms with Gasteiger partial charge in [-0.15, -0.1) is 11.8 Å². The minimum atomic E-state index is -0.0778. The van der Waals surface area contributed by atoms with E-state index in [1.165, 1.54) is 0 Å². The predicted octanol–water partition coefficient (Wildman–Crippen LogP) is 3.61. The van der Waals surface area contributed by atoms with Crippen LogP contribution < -0.4 is 10.9 Å². The van der Waals surface area contributed by atoms with Gasteiger partial charge >= 0.3 is 6.03 Å². The number of nitrogens with one attached hydrogen (secondary N) is 2. The number of nitrogens with zero attached hydrogens (tertiary/aromatic N) is 3. The lowest BCUT2D eigenvalue weighted by Gasteiger charge is -2.42. The Balaban J connectivity index is 1.37. The number of benzene rings is 1. The second-order valence-electron chi connectivity index (χ2n) is 7.89. The minimum Gasteiger partial charge on any atom is -0.344 e. The van der Waals surface area contributed by atoms with Crippen LogP contribution in [0.3, 0.4) is 0 Å². The fourth-order valence-electron chi connectivity index (χ4n) is 4.61. The van der Waals surface area contributed by atoms with E-state index >= 15 is 0 Å². The van der Waals surface area contributed by atoms with Crippen molar-refractivity contribution in [2.75, 3.05) is 24.7 Å². The van der Waals surface area contributed by atoms with E-state index in [4.69, 9.17) is 0 Å². The third-order valence-corrected chi connectivity index (χ3v) is 6.69.